The van der Waals surface area contributed by atoms with E-state index >= 15 is 0 Å². The Morgan fingerprint density at radius 3 is 1.58 bits per heavy atom. The fraction of sp³-hybridized carbons (Fsp3) is 0.0741. The van der Waals surface area contributed by atoms with Crippen LogP contribution in [0.5, 0.6) is 0 Å². The maximum atomic E-state index is 12.0. The molecule has 0 atom stereocenters. The zero-order chi connectivity index (χ0) is 21.7. The van der Waals surface area contributed by atoms with Gasteiger partial charge in [0.15, 0.2) is 0 Å². The van der Waals surface area contributed by atoms with Gasteiger partial charge in [0.2, 0.25) is 0 Å². The molecule has 0 saturated heterocycles. The molecule has 0 heterocycles. The van der Waals surface area contributed by atoms with Crippen molar-refractivity contribution in [1.29, 1.82) is 0 Å². The van der Waals surface area contributed by atoms with Crippen LogP contribution in [0.3, 0.4) is 0 Å². The summed E-state index contributed by atoms with van der Waals surface area (Å²) in [6, 6.07) is 37.6. The van der Waals surface area contributed by atoms with Crippen molar-refractivity contribution in [2.24, 2.45) is 0 Å². The van der Waals surface area contributed by atoms with Gasteiger partial charge in [-0.05, 0) is 0 Å². The molecular formula is C27H24ClO2P. The summed E-state index contributed by atoms with van der Waals surface area (Å²) in [5.41, 5.74) is 1.49. The second kappa shape index (κ2) is 9.47. The van der Waals surface area contributed by atoms with Crippen LogP contribution in [-0.2, 0) is 10.9 Å². The first-order valence-corrected chi connectivity index (χ1v) is 12.8. The van der Waals surface area contributed by atoms with Crippen LogP contribution in [0, 0.1) is 0 Å². The second-order valence-electron chi connectivity index (χ2n) is 7.48. The van der Waals surface area contributed by atoms with Crippen molar-refractivity contribution < 1.29 is 9.53 Å². The quantitative estimate of drug-likeness (QED) is 0.294. The molecule has 0 amide bonds. The summed E-state index contributed by atoms with van der Waals surface area (Å²) in [4.78, 5) is 12.0. The molecule has 4 aromatic carbocycles. The van der Waals surface area contributed by atoms with Gasteiger partial charge in [-0.3, -0.25) is 0 Å². The van der Waals surface area contributed by atoms with Gasteiger partial charge >= 0.3 is 189 Å². The predicted molar refractivity (Wildman–Crippen MR) is 133 cm³/mol. The SMILES string of the molecule is COC(=O)c1ccc(C[PH](c2ccccc2)(c2ccccc2)c2ccccc2)c(Cl)c1. The first-order valence-electron chi connectivity index (χ1n) is 10.2. The van der Waals surface area contributed by atoms with E-state index in [0.29, 0.717) is 10.6 Å². The maximum absolute atomic E-state index is 12.0. The van der Waals surface area contributed by atoms with E-state index in [2.05, 4.69) is 91.0 Å². The van der Waals surface area contributed by atoms with Crippen molar-refractivity contribution in [2.75, 3.05) is 7.11 Å². The number of rotatable bonds is 6. The number of benzene rings is 4. The third-order valence-electron chi connectivity index (χ3n) is 5.73. The summed E-state index contributed by atoms with van der Waals surface area (Å²) in [5, 5.41) is 4.55. The number of carbonyl (C=O) groups is 1. The molecule has 0 saturated carbocycles. The molecule has 0 aliphatic carbocycles. The number of ether oxygens (including phenoxy) is 1. The number of methoxy groups -OCH3 is 1. The molecule has 0 aliphatic rings. The first-order chi connectivity index (χ1) is 15.1. The summed E-state index contributed by atoms with van der Waals surface area (Å²) in [6.45, 7) is 0. The second-order valence-corrected chi connectivity index (χ2v) is 11.8. The Balaban J connectivity index is 1.94. The van der Waals surface area contributed by atoms with E-state index in [-0.39, 0.29) is 5.97 Å². The summed E-state index contributed by atoms with van der Waals surface area (Å²) in [6.07, 6.45) is 0.783. The Hall–Kier alpha value is -2.93. The van der Waals surface area contributed by atoms with Crippen LogP contribution < -0.4 is 15.9 Å². The fourth-order valence-corrected chi connectivity index (χ4v) is 9.33. The minimum atomic E-state index is -2.45. The minimum absolute atomic E-state index is 0.383. The van der Waals surface area contributed by atoms with Crippen LogP contribution in [0.15, 0.2) is 109 Å². The summed E-state index contributed by atoms with van der Waals surface area (Å²) in [5.74, 6) is -0.383. The fourth-order valence-electron chi connectivity index (χ4n) is 4.20. The molecule has 4 aromatic rings. The third-order valence-corrected chi connectivity index (χ3v) is 10.9. The molecule has 2 nitrogen and oxygen atoms in total. The normalized spacial score (nSPS) is 11.7. The van der Waals surface area contributed by atoms with E-state index in [1.807, 2.05) is 6.07 Å². The summed E-state index contributed by atoms with van der Waals surface area (Å²) < 4.78 is 4.85. The van der Waals surface area contributed by atoms with Crippen LogP contribution in [0.25, 0.3) is 0 Å². The van der Waals surface area contributed by atoms with Crippen molar-refractivity contribution in [3.63, 3.8) is 0 Å². The van der Waals surface area contributed by atoms with Gasteiger partial charge in [0, 0.05) is 0 Å². The van der Waals surface area contributed by atoms with Crippen LogP contribution in [0.4, 0.5) is 0 Å². The van der Waals surface area contributed by atoms with E-state index < -0.39 is 7.26 Å². The van der Waals surface area contributed by atoms with Gasteiger partial charge in [0.25, 0.3) is 0 Å². The molecule has 0 radical (unpaired) electrons. The number of carbonyl (C=O) groups excluding carboxylic acids is 1. The third kappa shape index (κ3) is 4.28. The molecule has 0 bridgehead atoms. The van der Waals surface area contributed by atoms with Gasteiger partial charge in [-0.15, -0.1) is 0 Å². The van der Waals surface area contributed by atoms with E-state index in [1.54, 1.807) is 12.1 Å². The Labute approximate surface area is 188 Å². The number of hydrogen-bond acceptors (Lipinski definition) is 2. The average molecular weight is 447 g/mol. The van der Waals surface area contributed by atoms with Crippen molar-refractivity contribution in [2.45, 2.75) is 6.16 Å². The molecule has 0 spiro atoms. The molecule has 0 unspecified atom stereocenters. The van der Waals surface area contributed by atoms with E-state index in [1.165, 1.54) is 23.0 Å². The van der Waals surface area contributed by atoms with E-state index in [9.17, 15) is 4.79 Å². The van der Waals surface area contributed by atoms with Crippen LogP contribution in [0.2, 0.25) is 5.02 Å². The van der Waals surface area contributed by atoms with Gasteiger partial charge in [-0.25, -0.2) is 0 Å². The number of halogens is 1. The molecule has 0 fully saturated rings. The van der Waals surface area contributed by atoms with Crippen molar-refractivity contribution >= 4 is 40.7 Å². The van der Waals surface area contributed by atoms with Crippen molar-refractivity contribution in [3.8, 4) is 0 Å². The summed E-state index contributed by atoms with van der Waals surface area (Å²) >= 11 is 6.71. The van der Waals surface area contributed by atoms with Gasteiger partial charge in [-0.1, -0.05) is 0 Å². The van der Waals surface area contributed by atoms with Gasteiger partial charge in [0.05, 0.1) is 0 Å². The molecule has 156 valence electrons. The van der Waals surface area contributed by atoms with Gasteiger partial charge in [-0.2, -0.15) is 0 Å². The monoisotopic (exact) mass is 446 g/mol. The molecule has 4 heteroatoms. The first kappa shape index (κ1) is 21.3. The molecule has 31 heavy (non-hydrogen) atoms. The number of esters is 1. The van der Waals surface area contributed by atoms with Crippen molar-refractivity contribution in [1.82, 2.24) is 0 Å². The van der Waals surface area contributed by atoms with E-state index in [0.717, 1.165) is 11.7 Å². The van der Waals surface area contributed by atoms with Gasteiger partial charge in [0.1, 0.15) is 0 Å². The molecule has 0 N–H and O–H groups in total. The Morgan fingerprint density at radius 1 is 0.742 bits per heavy atom. The van der Waals surface area contributed by atoms with E-state index in [4.69, 9.17) is 16.3 Å². The predicted octanol–water partition coefficient (Wildman–Crippen LogP) is 5.35. The molecule has 0 aliphatic heterocycles. The van der Waals surface area contributed by atoms with Crippen molar-refractivity contribution in [3.05, 3.63) is 125 Å². The summed E-state index contributed by atoms with van der Waals surface area (Å²) in [7, 11) is -1.07. The average Bonchev–Trinajstić information content (AvgIpc) is 2.84. The van der Waals surface area contributed by atoms with Crippen LogP contribution in [0.1, 0.15) is 15.9 Å². The molecule has 0 aromatic heterocycles. The van der Waals surface area contributed by atoms with Gasteiger partial charge < -0.3 is 0 Å². The zero-order valence-corrected chi connectivity index (χ0v) is 19.0. The Morgan fingerprint density at radius 2 is 1.19 bits per heavy atom. The number of hydrogen-bond donors (Lipinski definition) is 0. The Kier molecular flexibility index (Phi) is 6.51. The van der Waals surface area contributed by atoms with Crippen LogP contribution in [-0.4, -0.2) is 13.1 Å². The Bertz CT molecular complexity index is 1070. The standard InChI is InChI=1S/C27H24ClO2P/c1-30-27(29)21-17-18-22(26(28)19-21)20-31(23-11-5-2-6-12-23,24-13-7-3-8-14-24)25-15-9-4-10-16-25/h2-19,31H,20H2,1H3. The topological polar surface area (TPSA) is 26.3 Å². The van der Waals surface area contributed by atoms with Crippen LogP contribution >= 0.6 is 18.9 Å². The zero-order valence-electron chi connectivity index (χ0n) is 17.3. The molecule has 4 rings (SSSR count). The molecular weight excluding hydrogens is 423 g/mol.